The lowest BCUT2D eigenvalue weighted by molar-refractivity contribution is -0.132. The Morgan fingerprint density at radius 3 is 2.57 bits per heavy atom. The van der Waals surface area contributed by atoms with Crippen LogP contribution in [0.25, 0.3) is 6.08 Å². The van der Waals surface area contributed by atoms with E-state index < -0.39 is 11.9 Å². The molecule has 7 nitrogen and oxygen atoms in total. The molecule has 0 amide bonds. The monoisotopic (exact) mass is 331 g/mol. The summed E-state index contributed by atoms with van der Waals surface area (Å²) in [6.45, 7) is 1.44. The van der Waals surface area contributed by atoms with Crippen LogP contribution in [0.1, 0.15) is 28.0 Å². The standard InChI is InChI=1S/C15H13N3O4S/c1-8(14(19)20)6-12-18-11(7-23-12)15(21)22-10-4-2-9(3-5-10)13(16)17/h2-7H,1H3,(H3,16,17)(H,19,20). The molecule has 0 saturated heterocycles. The number of thiazole rings is 1. The van der Waals surface area contributed by atoms with Crippen LogP contribution in [-0.2, 0) is 4.79 Å². The number of hydrogen-bond donors (Lipinski definition) is 3. The first-order chi connectivity index (χ1) is 10.9. The molecule has 0 bridgehead atoms. The van der Waals surface area contributed by atoms with Gasteiger partial charge in [-0.05, 0) is 37.3 Å². The molecule has 0 saturated carbocycles. The summed E-state index contributed by atoms with van der Waals surface area (Å²) in [4.78, 5) is 26.8. The molecule has 0 aliphatic carbocycles. The molecule has 0 fully saturated rings. The highest BCUT2D eigenvalue weighted by Crippen LogP contribution is 2.17. The van der Waals surface area contributed by atoms with Crippen molar-refractivity contribution in [2.75, 3.05) is 0 Å². The van der Waals surface area contributed by atoms with E-state index in [0.29, 0.717) is 16.3 Å². The molecular formula is C15H13N3O4S. The Bertz CT molecular complexity index is 793. The van der Waals surface area contributed by atoms with Crippen LogP contribution < -0.4 is 10.5 Å². The van der Waals surface area contributed by atoms with Crippen molar-refractivity contribution < 1.29 is 19.4 Å². The predicted octanol–water partition coefficient (Wildman–Crippen LogP) is 2.13. The number of aliphatic carboxylic acids is 1. The highest BCUT2D eigenvalue weighted by atomic mass is 32.1. The number of nitrogens with two attached hydrogens (primary N) is 1. The van der Waals surface area contributed by atoms with Gasteiger partial charge in [0, 0.05) is 16.5 Å². The normalized spacial score (nSPS) is 11.1. The molecule has 0 aliphatic rings. The first kappa shape index (κ1) is 16.4. The summed E-state index contributed by atoms with van der Waals surface area (Å²) >= 11 is 1.14. The van der Waals surface area contributed by atoms with Gasteiger partial charge in [-0.25, -0.2) is 14.6 Å². The third-order valence-corrected chi connectivity index (χ3v) is 3.58. The van der Waals surface area contributed by atoms with Gasteiger partial charge in [-0.15, -0.1) is 11.3 Å². The number of hydrogen-bond acceptors (Lipinski definition) is 6. The zero-order chi connectivity index (χ0) is 17.0. The van der Waals surface area contributed by atoms with Crippen molar-refractivity contribution in [2.24, 2.45) is 5.73 Å². The molecule has 2 rings (SSSR count). The second-order valence-corrected chi connectivity index (χ2v) is 5.42. The average molecular weight is 331 g/mol. The summed E-state index contributed by atoms with van der Waals surface area (Å²) in [5, 5.41) is 18.0. The summed E-state index contributed by atoms with van der Waals surface area (Å²) in [7, 11) is 0. The summed E-state index contributed by atoms with van der Waals surface area (Å²) < 4.78 is 5.16. The number of aromatic nitrogens is 1. The number of ether oxygens (including phenoxy) is 1. The lowest BCUT2D eigenvalue weighted by Gasteiger charge is -2.03. The first-order valence-corrected chi connectivity index (χ1v) is 7.28. The van der Waals surface area contributed by atoms with E-state index in [-0.39, 0.29) is 17.1 Å². The number of carboxylic acid groups (broad SMARTS) is 1. The summed E-state index contributed by atoms with van der Waals surface area (Å²) in [6, 6.07) is 6.18. The number of nitrogens with one attached hydrogen (secondary N) is 1. The SMILES string of the molecule is CC(=Cc1nc(C(=O)Oc2ccc(C(=N)N)cc2)cs1)C(=O)O. The summed E-state index contributed by atoms with van der Waals surface area (Å²) in [6.07, 6.45) is 1.38. The van der Waals surface area contributed by atoms with E-state index in [0.717, 1.165) is 11.3 Å². The smallest absolute Gasteiger partial charge is 0.363 e. The van der Waals surface area contributed by atoms with E-state index in [1.807, 2.05) is 0 Å². The molecule has 118 valence electrons. The van der Waals surface area contributed by atoms with Gasteiger partial charge in [-0.3, -0.25) is 5.41 Å². The zero-order valence-corrected chi connectivity index (χ0v) is 12.9. The van der Waals surface area contributed by atoms with Crippen LogP contribution in [0.15, 0.2) is 35.2 Å². The van der Waals surface area contributed by atoms with Gasteiger partial charge in [0.15, 0.2) is 5.69 Å². The van der Waals surface area contributed by atoms with Crippen LogP contribution in [0, 0.1) is 5.41 Å². The summed E-state index contributed by atoms with van der Waals surface area (Å²) in [5.74, 6) is -1.47. The molecule has 0 atom stereocenters. The lowest BCUT2D eigenvalue weighted by Crippen LogP contribution is -2.11. The first-order valence-electron chi connectivity index (χ1n) is 6.40. The van der Waals surface area contributed by atoms with E-state index in [9.17, 15) is 9.59 Å². The van der Waals surface area contributed by atoms with Crippen LogP contribution in [0.5, 0.6) is 5.75 Å². The minimum Gasteiger partial charge on any atom is -0.478 e. The van der Waals surface area contributed by atoms with Gasteiger partial charge in [0.2, 0.25) is 0 Å². The maximum Gasteiger partial charge on any atom is 0.363 e. The Balaban J connectivity index is 2.09. The number of amidine groups is 1. The fraction of sp³-hybridized carbons (Fsp3) is 0.0667. The number of carbonyl (C=O) groups excluding carboxylic acids is 1. The number of benzene rings is 1. The molecule has 0 aliphatic heterocycles. The van der Waals surface area contributed by atoms with E-state index in [4.69, 9.17) is 21.0 Å². The van der Waals surface area contributed by atoms with Crippen LogP contribution in [0.2, 0.25) is 0 Å². The van der Waals surface area contributed by atoms with E-state index in [1.165, 1.54) is 30.5 Å². The maximum atomic E-state index is 12.0. The van der Waals surface area contributed by atoms with Crippen molar-refractivity contribution in [3.05, 3.63) is 51.5 Å². The largest absolute Gasteiger partial charge is 0.478 e. The molecule has 1 heterocycles. The zero-order valence-electron chi connectivity index (χ0n) is 12.1. The third kappa shape index (κ3) is 4.24. The van der Waals surface area contributed by atoms with Crippen LogP contribution >= 0.6 is 11.3 Å². The molecule has 1 aromatic heterocycles. The topological polar surface area (TPSA) is 126 Å². The van der Waals surface area contributed by atoms with Crippen molar-refractivity contribution in [1.82, 2.24) is 4.98 Å². The van der Waals surface area contributed by atoms with Gasteiger partial charge in [0.1, 0.15) is 16.6 Å². The third-order valence-electron chi connectivity index (χ3n) is 2.78. The van der Waals surface area contributed by atoms with Crippen molar-refractivity contribution >= 4 is 35.2 Å². The summed E-state index contributed by atoms with van der Waals surface area (Å²) in [5.41, 5.74) is 6.08. The molecule has 2 aromatic rings. The minimum atomic E-state index is -1.05. The van der Waals surface area contributed by atoms with Crippen molar-refractivity contribution in [2.45, 2.75) is 6.92 Å². The highest BCUT2D eigenvalue weighted by molar-refractivity contribution is 7.10. The van der Waals surface area contributed by atoms with Crippen molar-refractivity contribution in [3.63, 3.8) is 0 Å². The number of carbonyl (C=O) groups is 2. The molecule has 0 spiro atoms. The minimum absolute atomic E-state index is 0.0763. The second kappa shape index (κ2) is 6.84. The van der Waals surface area contributed by atoms with Crippen LogP contribution in [-0.4, -0.2) is 27.9 Å². The number of esters is 1. The molecule has 0 unspecified atom stereocenters. The Hall–Kier alpha value is -3.00. The molecule has 1 aromatic carbocycles. The van der Waals surface area contributed by atoms with Crippen LogP contribution in [0.3, 0.4) is 0 Å². The molecule has 8 heteroatoms. The van der Waals surface area contributed by atoms with E-state index in [1.54, 1.807) is 12.1 Å². The number of nitrogen functional groups attached to an aromatic ring is 1. The van der Waals surface area contributed by atoms with Gasteiger partial charge in [-0.1, -0.05) is 0 Å². The number of rotatable bonds is 5. The quantitative estimate of drug-likeness (QED) is 0.253. The van der Waals surface area contributed by atoms with Gasteiger partial charge in [0.25, 0.3) is 0 Å². The fourth-order valence-corrected chi connectivity index (χ4v) is 2.33. The lowest BCUT2D eigenvalue weighted by atomic mass is 10.2. The maximum absolute atomic E-state index is 12.0. The highest BCUT2D eigenvalue weighted by Gasteiger charge is 2.13. The fourth-order valence-electron chi connectivity index (χ4n) is 1.56. The van der Waals surface area contributed by atoms with Gasteiger partial charge in [0.05, 0.1) is 0 Å². The Labute approximate surface area is 135 Å². The molecule has 4 N–H and O–H groups in total. The van der Waals surface area contributed by atoms with Crippen molar-refractivity contribution in [1.29, 1.82) is 5.41 Å². The van der Waals surface area contributed by atoms with Gasteiger partial charge in [-0.2, -0.15) is 0 Å². The Morgan fingerprint density at radius 2 is 2.00 bits per heavy atom. The van der Waals surface area contributed by atoms with E-state index >= 15 is 0 Å². The molecule has 0 radical (unpaired) electrons. The van der Waals surface area contributed by atoms with Crippen LogP contribution in [0.4, 0.5) is 0 Å². The average Bonchev–Trinajstić information content (AvgIpc) is 2.96. The van der Waals surface area contributed by atoms with Gasteiger partial charge < -0.3 is 15.6 Å². The second-order valence-electron chi connectivity index (χ2n) is 4.53. The Kier molecular flexibility index (Phi) is 4.87. The predicted molar refractivity (Wildman–Crippen MR) is 85.8 cm³/mol. The van der Waals surface area contributed by atoms with Gasteiger partial charge >= 0.3 is 11.9 Å². The van der Waals surface area contributed by atoms with Crippen molar-refractivity contribution in [3.8, 4) is 5.75 Å². The molecule has 23 heavy (non-hydrogen) atoms. The van der Waals surface area contributed by atoms with E-state index in [2.05, 4.69) is 4.98 Å². The number of carboxylic acids is 1. The number of nitrogens with zero attached hydrogens (tertiary/aromatic N) is 1. The molecular weight excluding hydrogens is 318 g/mol. The Morgan fingerprint density at radius 1 is 1.35 bits per heavy atom.